The van der Waals surface area contributed by atoms with Gasteiger partial charge in [0.2, 0.25) is 11.8 Å². The zero-order valence-electron chi connectivity index (χ0n) is 9.78. The Bertz CT molecular complexity index is 394. The molecule has 1 aromatic heterocycles. The monoisotopic (exact) mass is 257 g/mol. The number of carbonyl (C=O) groups excluding carboxylic acids is 1. The number of amides is 1. The maximum Gasteiger partial charge on any atom is 0.235 e. The molecule has 2 rings (SSSR count). The fourth-order valence-corrected chi connectivity index (χ4v) is 2.26. The molecule has 0 aromatic carbocycles. The quantitative estimate of drug-likeness (QED) is 0.833. The Balaban J connectivity index is 1.91. The van der Waals surface area contributed by atoms with E-state index in [4.69, 9.17) is 16.1 Å². The molecule has 1 fully saturated rings. The van der Waals surface area contributed by atoms with E-state index in [0.29, 0.717) is 5.89 Å². The second-order valence-electron chi connectivity index (χ2n) is 4.31. The lowest BCUT2D eigenvalue weighted by atomic mass is 10.1. The van der Waals surface area contributed by atoms with Crippen molar-refractivity contribution in [1.29, 1.82) is 0 Å². The Morgan fingerprint density at radius 1 is 1.59 bits per heavy atom. The van der Waals surface area contributed by atoms with Crippen LogP contribution in [-0.2, 0) is 11.2 Å². The first-order chi connectivity index (χ1) is 8.22. The van der Waals surface area contributed by atoms with Gasteiger partial charge in [0.25, 0.3) is 0 Å². The Morgan fingerprint density at radius 2 is 2.41 bits per heavy atom. The molecule has 17 heavy (non-hydrogen) atoms. The molecule has 0 radical (unpaired) electrons. The summed E-state index contributed by atoms with van der Waals surface area (Å²) in [5.41, 5.74) is 0. The van der Waals surface area contributed by atoms with Gasteiger partial charge in [-0.25, -0.2) is 0 Å². The van der Waals surface area contributed by atoms with Gasteiger partial charge in [0, 0.05) is 18.4 Å². The van der Waals surface area contributed by atoms with Gasteiger partial charge in [-0.1, -0.05) is 12.1 Å². The normalized spacial score (nSPS) is 23.9. The Hall–Kier alpha value is -1.10. The molecule has 0 aliphatic heterocycles. The van der Waals surface area contributed by atoms with Crippen LogP contribution in [0.3, 0.4) is 0 Å². The van der Waals surface area contributed by atoms with Crippen molar-refractivity contribution in [1.82, 2.24) is 15.5 Å². The molecule has 1 N–H and O–H groups in total. The van der Waals surface area contributed by atoms with Crippen molar-refractivity contribution in [2.45, 2.75) is 44.6 Å². The second-order valence-corrected chi connectivity index (χ2v) is 4.58. The molecular weight excluding hydrogens is 242 g/mol. The standard InChI is InChI=1S/C11H16ClN3O2/c1-2-9-14-11(17-15-9)7-3-4-8(5-7)13-10(16)6-12/h7-8H,2-6H2,1H3,(H,13,16). The molecule has 1 heterocycles. The molecule has 0 spiro atoms. The van der Waals surface area contributed by atoms with E-state index in [9.17, 15) is 4.79 Å². The minimum Gasteiger partial charge on any atom is -0.352 e. The molecule has 1 aliphatic rings. The van der Waals surface area contributed by atoms with Gasteiger partial charge in [-0.3, -0.25) is 4.79 Å². The van der Waals surface area contributed by atoms with E-state index >= 15 is 0 Å². The number of halogens is 1. The molecule has 1 amide bonds. The van der Waals surface area contributed by atoms with E-state index in [1.165, 1.54) is 0 Å². The lowest BCUT2D eigenvalue weighted by Gasteiger charge is -2.10. The minimum absolute atomic E-state index is 0.0156. The number of aromatic nitrogens is 2. The van der Waals surface area contributed by atoms with Crippen LogP contribution in [0.25, 0.3) is 0 Å². The third kappa shape index (κ3) is 2.97. The van der Waals surface area contributed by atoms with Crippen molar-refractivity contribution in [3.63, 3.8) is 0 Å². The summed E-state index contributed by atoms with van der Waals surface area (Å²) in [5, 5.41) is 6.78. The molecule has 1 saturated carbocycles. The fraction of sp³-hybridized carbons (Fsp3) is 0.727. The number of nitrogens with one attached hydrogen (secondary N) is 1. The number of nitrogens with zero attached hydrogens (tertiary/aromatic N) is 2. The summed E-state index contributed by atoms with van der Waals surface area (Å²) in [6, 6.07) is 0.184. The van der Waals surface area contributed by atoms with Crippen molar-refractivity contribution in [3.05, 3.63) is 11.7 Å². The first-order valence-electron chi connectivity index (χ1n) is 5.90. The Morgan fingerprint density at radius 3 is 3.06 bits per heavy atom. The van der Waals surface area contributed by atoms with Gasteiger partial charge < -0.3 is 9.84 Å². The van der Waals surface area contributed by atoms with Crippen molar-refractivity contribution in [2.75, 3.05) is 5.88 Å². The zero-order valence-corrected chi connectivity index (χ0v) is 10.5. The maximum absolute atomic E-state index is 11.2. The predicted octanol–water partition coefficient (Wildman–Crippen LogP) is 1.62. The average molecular weight is 258 g/mol. The van der Waals surface area contributed by atoms with Crippen molar-refractivity contribution >= 4 is 17.5 Å². The molecule has 0 saturated heterocycles. The molecule has 5 nitrogen and oxygen atoms in total. The van der Waals surface area contributed by atoms with Crippen LogP contribution in [0.5, 0.6) is 0 Å². The molecular formula is C11H16ClN3O2. The van der Waals surface area contributed by atoms with Crippen LogP contribution in [0.2, 0.25) is 0 Å². The molecule has 1 aromatic rings. The van der Waals surface area contributed by atoms with Crippen LogP contribution < -0.4 is 5.32 Å². The predicted molar refractivity (Wildman–Crippen MR) is 62.9 cm³/mol. The number of hydrogen-bond donors (Lipinski definition) is 1. The van der Waals surface area contributed by atoms with Crippen LogP contribution in [-0.4, -0.2) is 28.0 Å². The summed E-state index contributed by atoms with van der Waals surface area (Å²) in [6.45, 7) is 1.99. The fourth-order valence-electron chi connectivity index (χ4n) is 2.18. The van der Waals surface area contributed by atoms with Crippen LogP contribution >= 0.6 is 11.6 Å². The highest BCUT2D eigenvalue weighted by Gasteiger charge is 2.30. The second kappa shape index (κ2) is 5.49. The number of alkyl halides is 1. The van der Waals surface area contributed by atoms with Gasteiger partial charge in [0.05, 0.1) is 0 Å². The highest BCUT2D eigenvalue weighted by molar-refractivity contribution is 6.27. The van der Waals surface area contributed by atoms with Crippen molar-refractivity contribution in [3.8, 4) is 0 Å². The average Bonchev–Trinajstić information content (AvgIpc) is 2.96. The minimum atomic E-state index is -0.114. The Labute approximate surface area is 105 Å². The van der Waals surface area contributed by atoms with E-state index < -0.39 is 0 Å². The third-order valence-electron chi connectivity index (χ3n) is 3.07. The van der Waals surface area contributed by atoms with Gasteiger partial charge in [0.15, 0.2) is 5.82 Å². The number of aryl methyl sites for hydroxylation is 1. The largest absolute Gasteiger partial charge is 0.352 e. The topological polar surface area (TPSA) is 68.0 Å². The summed E-state index contributed by atoms with van der Waals surface area (Å²) in [6.07, 6.45) is 3.55. The SMILES string of the molecule is CCc1noc(C2CCC(NC(=O)CCl)C2)n1. The van der Waals surface area contributed by atoms with Crippen molar-refractivity contribution in [2.24, 2.45) is 0 Å². The lowest BCUT2D eigenvalue weighted by molar-refractivity contribution is -0.119. The molecule has 6 heteroatoms. The van der Waals surface area contributed by atoms with Crippen LogP contribution in [0.15, 0.2) is 4.52 Å². The molecule has 94 valence electrons. The van der Waals surface area contributed by atoms with E-state index in [0.717, 1.165) is 31.5 Å². The number of rotatable bonds is 4. The zero-order chi connectivity index (χ0) is 12.3. The molecule has 2 atom stereocenters. The summed E-state index contributed by atoms with van der Waals surface area (Å²) < 4.78 is 5.22. The van der Waals surface area contributed by atoms with Gasteiger partial charge in [-0.15, -0.1) is 11.6 Å². The van der Waals surface area contributed by atoms with Crippen LogP contribution in [0, 0.1) is 0 Å². The summed E-state index contributed by atoms with van der Waals surface area (Å²) in [5.74, 6) is 1.61. The van der Waals surface area contributed by atoms with Crippen LogP contribution in [0.4, 0.5) is 0 Å². The molecule has 0 bridgehead atoms. The lowest BCUT2D eigenvalue weighted by Crippen LogP contribution is -2.33. The third-order valence-corrected chi connectivity index (χ3v) is 3.31. The van der Waals surface area contributed by atoms with Gasteiger partial charge in [-0.05, 0) is 19.3 Å². The highest BCUT2D eigenvalue weighted by Crippen LogP contribution is 2.33. The smallest absolute Gasteiger partial charge is 0.235 e. The van der Waals surface area contributed by atoms with Gasteiger partial charge >= 0.3 is 0 Å². The van der Waals surface area contributed by atoms with E-state index in [1.54, 1.807) is 0 Å². The first-order valence-corrected chi connectivity index (χ1v) is 6.44. The van der Waals surface area contributed by atoms with Crippen molar-refractivity contribution < 1.29 is 9.32 Å². The molecule has 1 aliphatic carbocycles. The highest BCUT2D eigenvalue weighted by atomic mass is 35.5. The van der Waals surface area contributed by atoms with Crippen LogP contribution in [0.1, 0.15) is 43.8 Å². The number of carbonyl (C=O) groups is 1. The Kier molecular flexibility index (Phi) is 3.99. The van der Waals surface area contributed by atoms with E-state index in [1.807, 2.05) is 6.92 Å². The van der Waals surface area contributed by atoms with E-state index in [-0.39, 0.29) is 23.7 Å². The number of hydrogen-bond acceptors (Lipinski definition) is 4. The van der Waals surface area contributed by atoms with E-state index in [2.05, 4.69) is 15.5 Å². The summed E-state index contributed by atoms with van der Waals surface area (Å²) >= 11 is 5.45. The van der Waals surface area contributed by atoms with Gasteiger partial charge in [-0.2, -0.15) is 4.98 Å². The first kappa shape index (κ1) is 12.4. The summed E-state index contributed by atoms with van der Waals surface area (Å²) in [4.78, 5) is 15.5. The summed E-state index contributed by atoms with van der Waals surface area (Å²) in [7, 11) is 0. The maximum atomic E-state index is 11.2. The molecule has 2 unspecified atom stereocenters. The van der Waals surface area contributed by atoms with Gasteiger partial charge in [0.1, 0.15) is 5.88 Å².